The van der Waals surface area contributed by atoms with Crippen LogP contribution in [0.15, 0.2) is 78.9 Å². The lowest BCUT2D eigenvalue weighted by Crippen LogP contribution is -2.51. The molecule has 0 saturated carbocycles. The summed E-state index contributed by atoms with van der Waals surface area (Å²) in [7, 11) is 0. The third-order valence-corrected chi connectivity index (χ3v) is 7.28. The highest BCUT2D eigenvalue weighted by molar-refractivity contribution is 6.35. The Balaban J connectivity index is 1.41. The molecule has 3 unspecified atom stereocenters. The topological polar surface area (TPSA) is 80.8 Å². The average Bonchev–Trinajstić information content (AvgIpc) is 3.44. The lowest BCUT2D eigenvalue weighted by Gasteiger charge is -2.27. The third kappa shape index (κ3) is 2.98. The van der Waals surface area contributed by atoms with Gasteiger partial charge in [0.15, 0.2) is 0 Å². The van der Waals surface area contributed by atoms with Crippen molar-refractivity contribution in [2.45, 2.75) is 18.1 Å². The summed E-state index contributed by atoms with van der Waals surface area (Å²) in [6.45, 7) is 0.0587. The van der Waals surface area contributed by atoms with Gasteiger partial charge in [0.05, 0.1) is 17.9 Å². The van der Waals surface area contributed by atoms with Crippen molar-refractivity contribution in [2.75, 3.05) is 6.54 Å². The van der Waals surface area contributed by atoms with E-state index in [-0.39, 0.29) is 23.5 Å². The maximum atomic E-state index is 13.7. The number of amides is 2. The number of fused-ring (bicyclic) bond motifs is 3. The van der Waals surface area contributed by atoms with Crippen molar-refractivity contribution >= 4 is 23.4 Å². The molecule has 2 fully saturated rings. The number of hydrogen-bond acceptors (Lipinski definition) is 5. The van der Waals surface area contributed by atoms with Gasteiger partial charge in [0.25, 0.3) is 0 Å². The standard InChI is InChI=1S/C28H20FNO5/c29-18-12-10-16(11-13-18)14-15-30-26(33)21-22(27(30)34)28(35-23(21)17-6-2-1-3-7-17)24(31)19-8-4-5-9-20(19)25(28)32/h1-13,21-23H,14-15H2. The second-order valence-electron chi connectivity index (χ2n) is 9.10. The first kappa shape index (κ1) is 21.6. The Morgan fingerprint density at radius 3 is 2.00 bits per heavy atom. The van der Waals surface area contributed by atoms with Gasteiger partial charge in [0, 0.05) is 17.7 Å². The zero-order valence-corrected chi connectivity index (χ0v) is 18.5. The van der Waals surface area contributed by atoms with Gasteiger partial charge in [-0.3, -0.25) is 24.1 Å². The Bertz CT molecular complexity index is 1350. The number of hydrogen-bond donors (Lipinski definition) is 0. The molecule has 0 radical (unpaired) electrons. The second-order valence-corrected chi connectivity index (χ2v) is 9.10. The Morgan fingerprint density at radius 1 is 0.771 bits per heavy atom. The van der Waals surface area contributed by atoms with E-state index >= 15 is 0 Å². The molecule has 2 amide bonds. The van der Waals surface area contributed by atoms with Crippen molar-refractivity contribution in [1.82, 2.24) is 4.90 Å². The lowest BCUT2D eigenvalue weighted by atomic mass is 9.77. The first-order valence-electron chi connectivity index (χ1n) is 11.4. The summed E-state index contributed by atoms with van der Waals surface area (Å²) in [5.41, 5.74) is -0.274. The summed E-state index contributed by atoms with van der Waals surface area (Å²) in [6.07, 6.45) is -0.598. The highest BCUT2D eigenvalue weighted by Gasteiger charge is 2.74. The first-order valence-corrected chi connectivity index (χ1v) is 11.4. The summed E-state index contributed by atoms with van der Waals surface area (Å²) < 4.78 is 19.5. The molecule has 1 spiro atoms. The van der Waals surface area contributed by atoms with E-state index in [1.165, 1.54) is 12.1 Å². The number of nitrogens with zero attached hydrogens (tertiary/aromatic N) is 1. The fraction of sp³-hybridized carbons (Fsp3) is 0.214. The van der Waals surface area contributed by atoms with E-state index in [9.17, 15) is 23.6 Å². The molecule has 3 aromatic carbocycles. The molecule has 174 valence electrons. The van der Waals surface area contributed by atoms with Crippen LogP contribution in [0.4, 0.5) is 4.39 Å². The van der Waals surface area contributed by atoms with Gasteiger partial charge < -0.3 is 4.74 Å². The highest BCUT2D eigenvalue weighted by Crippen LogP contribution is 2.57. The first-order chi connectivity index (χ1) is 16.9. The van der Waals surface area contributed by atoms with Gasteiger partial charge >= 0.3 is 0 Å². The molecule has 3 atom stereocenters. The van der Waals surface area contributed by atoms with Crippen LogP contribution >= 0.6 is 0 Å². The summed E-state index contributed by atoms with van der Waals surface area (Å²) in [5, 5.41) is 0. The van der Waals surface area contributed by atoms with Crippen LogP contribution < -0.4 is 0 Å². The largest absolute Gasteiger partial charge is 0.349 e. The van der Waals surface area contributed by atoms with E-state index in [1.807, 2.05) is 6.07 Å². The predicted molar refractivity (Wildman–Crippen MR) is 122 cm³/mol. The summed E-state index contributed by atoms with van der Waals surface area (Å²) >= 11 is 0. The molecule has 6 nitrogen and oxygen atoms in total. The number of Topliss-reactive ketones (excluding diaryl/α,β-unsaturated/α-hetero) is 2. The van der Waals surface area contributed by atoms with Crippen molar-refractivity contribution in [3.8, 4) is 0 Å². The molecule has 2 saturated heterocycles. The zero-order valence-electron chi connectivity index (χ0n) is 18.5. The number of benzene rings is 3. The van der Waals surface area contributed by atoms with Gasteiger partial charge in [-0.1, -0.05) is 66.7 Å². The fourth-order valence-corrected chi connectivity index (χ4v) is 5.63. The summed E-state index contributed by atoms with van der Waals surface area (Å²) in [5.74, 6) is -4.83. The molecule has 0 aromatic heterocycles. The SMILES string of the molecule is O=C1C2C(c3ccccc3)OC3(C(=O)c4ccccc4C3=O)C2C(=O)N1CCc1ccc(F)cc1. The van der Waals surface area contributed by atoms with Crippen molar-refractivity contribution in [1.29, 1.82) is 0 Å². The Kier molecular flexibility index (Phi) is 4.79. The van der Waals surface area contributed by atoms with Gasteiger partial charge in [-0.05, 0) is 29.7 Å². The quantitative estimate of drug-likeness (QED) is 0.431. The van der Waals surface area contributed by atoms with Crippen LogP contribution in [0.1, 0.15) is 37.9 Å². The summed E-state index contributed by atoms with van der Waals surface area (Å²) in [6, 6.07) is 21.1. The highest BCUT2D eigenvalue weighted by atomic mass is 19.1. The normalized spacial score (nSPS) is 24.4. The molecule has 35 heavy (non-hydrogen) atoms. The molecule has 0 bridgehead atoms. The number of rotatable bonds is 4. The van der Waals surface area contributed by atoms with E-state index < -0.39 is 46.9 Å². The van der Waals surface area contributed by atoms with Crippen LogP contribution in [-0.4, -0.2) is 40.4 Å². The van der Waals surface area contributed by atoms with Crippen LogP contribution in [0.5, 0.6) is 0 Å². The van der Waals surface area contributed by atoms with Crippen LogP contribution in [0.25, 0.3) is 0 Å². The van der Waals surface area contributed by atoms with E-state index in [2.05, 4.69) is 0 Å². The van der Waals surface area contributed by atoms with Crippen molar-refractivity contribution in [3.05, 3.63) is 107 Å². The molecule has 3 aromatic rings. The molecule has 2 aliphatic heterocycles. The van der Waals surface area contributed by atoms with Crippen LogP contribution in [-0.2, 0) is 20.7 Å². The van der Waals surface area contributed by atoms with Gasteiger partial charge in [-0.2, -0.15) is 0 Å². The van der Waals surface area contributed by atoms with Gasteiger partial charge in [0.1, 0.15) is 5.82 Å². The predicted octanol–water partition coefficient (Wildman–Crippen LogP) is 3.56. The number of carbonyl (C=O) groups is 4. The number of carbonyl (C=O) groups excluding carboxylic acids is 4. The number of likely N-dealkylation sites (tertiary alicyclic amines) is 1. The number of imide groups is 1. The van der Waals surface area contributed by atoms with Crippen molar-refractivity contribution in [3.63, 3.8) is 0 Å². The van der Waals surface area contributed by atoms with E-state index in [1.54, 1.807) is 60.7 Å². The Labute approximate surface area is 200 Å². The number of ether oxygens (including phenoxy) is 1. The average molecular weight is 469 g/mol. The summed E-state index contributed by atoms with van der Waals surface area (Å²) in [4.78, 5) is 55.8. The Morgan fingerprint density at radius 2 is 1.37 bits per heavy atom. The van der Waals surface area contributed by atoms with Crippen molar-refractivity contribution < 1.29 is 28.3 Å². The molecular formula is C28H20FNO5. The van der Waals surface area contributed by atoms with Gasteiger partial charge in [0.2, 0.25) is 29.0 Å². The van der Waals surface area contributed by atoms with Crippen LogP contribution in [0.3, 0.4) is 0 Å². The minimum atomic E-state index is -2.06. The molecule has 1 aliphatic carbocycles. The molecule has 6 rings (SSSR count). The third-order valence-electron chi connectivity index (χ3n) is 7.28. The maximum absolute atomic E-state index is 13.7. The van der Waals surface area contributed by atoms with E-state index in [0.29, 0.717) is 12.0 Å². The number of halogens is 1. The monoisotopic (exact) mass is 469 g/mol. The van der Waals surface area contributed by atoms with Crippen molar-refractivity contribution in [2.24, 2.45) is 11.8 Å². The smallest absolute Gasteiger partial charge is 0.237 e. The number of ketones is 2. The van der Waals surface area contributed by atoms with E-state index in [0.717, 1.165) is 10.5 Å². The molecule has 3 aliphatic rings. The minimum absolute atomic E-state index is 0.0587. The second kappa shape index (κ2) is 7.78. The van der Waals surface area contributed by atoms with Gasteiger partial charge in [-0.15, -0.1) is 0 Å². The molecule has 7 heteroatoms. The maximum Gasteiger partial charge on any atom is 0.237 e. The van der Waals surface area contributed by atoms with Gasteiger partial charge in [-0.25, -0.2) is 4.39 Å². The zero-order chi connectivity index (χ0) is 24.3. The minimum Gasteiger partial charge on any atom is -0.349 e. The molecular weight excluding hydrogens is 449 g/mol. The fourth-order valence-electron chi connectivity index (χ4n) is 5.63. The lowest BCUT2D eigenvalue weighted by molar-refractivity contribution is -0.144. The molecule has 2 heterocycles. The van der Waals surface area contributed by atoms with E-state index in [4.69, 9.17) is 4.74 Å². The molecule has 0 N–H and O–H groups in total. The van der Waals surface area contributed by atoms with Crippen LogP contribution in [0, 0.1) is 17.7 Å². The van der Waals surface area contributed by atoms with Crippen LogP contribution in [0.2, 0.25) is 0 Å². The Hall–Kier alpha value is -3.97.